The van der Waals surface area contributed by atoms with Gasteiger partial charge in [0.15, 0.2) is 5.76 Å². The Labute approximate surface area is 121 Å². The summed E-state index contributed by atoms with van der Waals surface area (Å²) in [6, 6.07) is 4.21. The molecule has 21 heavy (non-hydrogen) atoms. The van der Waals surface area contributed by atoms with Crippen molar-refractivity contribution in [3.8, 4) is 22.7 Å². The molecule has 0 bridgehead atoms. The summed E-state index contributed by atoms with van der Waals surface area (Å²) < 4.78 is 5.49. The molecule has 3 heterocycles. The molecule has 6 nitrogen and oxygen atoms in total. The van der Waals surface area contributed by atoms with Crippen LogP contribution in [0.25, 0.3) is 22.7 Å². The first-order valence-electron chi connectivity index (χ1n) is 6.84. The molecule has 104 valence electrons. The van der Waals surface area contributed by atoms with Gasteiger partial charge in [0, 0.05) is 30.2 Å². The zero-order chi connectivity index (χ0) is 14.1. The van der Waals surface area contributed by atoms with Gasteiger partial charge in [-0.3, -0.25) is 9.97 Å². The largest absolute Gasteiger partial charge is 0.463 e. The lowest BCUT2D eigenvalue weighted by Gasteiger charge is -2.08. The van der Waals surface area contributed by atoms with Crippen molar-refractivity contribution in [3.05, 3.63) is 43.2 Å². The molecule has 1 saturated carbocycles. The van der Waals surface area contributed by atoms with Crippen LogP contribution >= 0.6 is 0 Å². The minimum absolute atomic E-state index is 0.497. The van der Waals surface area contributed by atoms with Crippen molar-refractivity contribution in [1.82, 2.24) is 19.9 Å². The maximum atomic E-state index is 5.49. The maximum absolute atomic E-state index is 5.49. The van der Waals surface area contributed by atoms with Crippen molar-refractivity contribution < 1.29 is 4.42 Å². The Hall–Kier alpha value is -2.76. The second kappa shape index (κ2) is 4.97. The van der Waals surface area contributed by atoms with Crippen LogP contribution in [-0.4, -0.2) is 26.0 Å². The van der Waals surface area contributed by atoms with E-state index in [-0.39, 0.29) is 0 Å². The topological polar surface area (TPSA) is 76.7 Å². The highest BCUT2D eigenvalue weighted by atomic mass is 16.3. The summed E-state index contributed by atoms with van der Waals surface area (Å²) in [6.45, 7) is 0. The third kappa shape index (κ3) is 2.47. The third-order valence-corrected chi connectivity index (χ3v) is 3.29. The monoisotopic (exact) mass is 279 g/mol. The van der Waals surface area contributed by atoms with Gasteiger partial charge in [-0.05, 0) is 25.0 Å². The van der Waals surface area contributed by atoms with Gasteiger partial charge in [0.2, 0.25) is 5.95 Å². The van der Waals surface area contributed by atoms with Crippen LogP contribution in [0.2, 0.25) is 0 Å². The average Bonchev–Trinajstić information content (AvgIpc) is 3.18. The second-order valence-corrected chi connectivity index (χ2v) is 4.94. The van der Waals surface area contributed by atoms with Gasteiger partial charge in [0.1, 0.15) is 5.69 Å². The molecule has 0 amide bonds. The van der Waals surface area contributed by atoms with Crippen LogP contribution in [0.4, 0.5) is 5.95 Å². The Morgan fingerprint density at radius 1 is 1.14 bits per heavy atom. The fraction of sp³-hybridized carbons (Fsp3) is 0.200. The molecule has 0 aromatic carbocycles. The number of nitrogens with one attached hydrogen (secondary N) is 1. The molecule has 4 rings (SSSR count). The second-order valence-electron chi connectivity index (χ2n) is 4.94. The summed E-state index contributed by atoms with van der Waals surface area (Å²) in [6.07, 6.45) is 10.7. The standard InChI is InChI=1S/C15H13N5O/c1-2-13(21-7-1)14-11(12-9-16-5-6-17-12)8-18-15(20-14)19-10-3-4-10/h1-2,5-10H,3-4H2,(H,18,19,20). The van der Waals surface area contributed by atoms with E-state index < -0.39 is 0 Å². The van der Waals surface area contributed by atoms with Crippen molar-refractivity contribution in [3.63, 3.8) is 0 Å². The highest BCUT2D eigenvalue weighted by molar-refractivity contribution is 5.76. The van der Waals surface area contributed by atoms with Gasteiger partial charge < -0.3 is 9.73 Å². The van der Waals surface area contributed by atoms with Crippen molar-refractivity contribution in [2.24, 2.45) is 0 Å². The predicted octanol–water partition coefficient (Wildman–Crippen LogP) is 2.77. The van der Waals surface area contributed by atoms with E-state index in [4.69, 9.17) is 4.42 Å². The van der Waals surface area contributed by atoms with Gasteiger partial charge in [-0.2, -0.15) is 0 Å². The Morgan fingerprint density at radius 2 is 2.10 bits per heavy atom. The van der Waals surface area contributed by atoms with Crippen LogP contribution in [0.1, 0.15) is 12.8 Å². The van der Waals surface area contributed by atoms with Crippen molar-refractivity contribution in [1.29, 1.82) is 0 Å². The first kappa shape index (κ1) is 12.0. The molecule has 1 aliphatic rings. The predicted molar refractivity (Wildman–Crippen MR) is 77.4 cm³/mol. The molecule has 0 aliphatic heterocycles. The molecule has 1 fully saturated rings. The van der Waals surface area contributed by atoms with Gasteiger partial charge in [-0.25, -0.2) is 9.97 Å². The minimum Gasteiger partial charge on any atom is -0.463 e. The summed E-state index contributed by atoms with van der Waals surface area (Å²) in [5, 5.41) is 3.30. The van der Waals surface area contributed by atoms with Crippen molar-refractivity contribution in [2.45, 2.75) is 18.9 Å². The van der Waals surface area contributed by atoms with Crippen LogP contribution in [0.5, 0.6) is 0 Å². The zero-order valence-electron chi connectivity index (χ0n) is 11.2. The van der Waals surface area contributed by atoms with Crippen LogP contribution in [0.3, 0.4) is 0 Å². The van der Waals surface area contributed by atoms with E-state index in [1.54, 1.807) is 31.1 Å². The highest BCUT2D eigenvalue weighted by Crippen LogP contribution is 2.30. The molecular formula is C15H13N5O. The van der Waals surface area contributed by atoms with Crippen LogP contribution in [0, 0.1) is 0 Å². The summed E-state index contributed by atoms with van der Waals surface area (Å²) in [5.41, 5.74) is 2.25. The quantitative estimate of drug-likeness (QED) is 0.791. The summed E-state index contributed by atoms with van der Waals surface area (Å²) in [7, 11) is 0. The fourth-order valence-corrected chi connectivity index (χ4v) is 2.09. The van der Waals surface area contributed by atoms with E-state index in [0.29, 0.717) is 17.8 Å². The molecule has 0 saturated heterocycles. The lowest BCUT2D eigenvalue weighted by molar-refractivity contribution is 0.580. The Morgan fingerprint density at radius 3 is 2.81 bits per heavy atom. The van der Waals surface area contributed by atoms with Crippen molar-refractivity contribution >= 4 is 5.95 Å². The molecule has 6 heteroatoms. The number of hydrogen-bond donors (Lipinski definition) is 1. The first-order chi connectivity index (χ1) is 10.4. The fourth-order valence-electron chi connectivity index (χ4n) is 2.09. The summed E-state index contributed by atoms with van der Waals surface area (Å²) in [5.74, 6) is 1.31. The molecule has 1 N–H and O–H groups in total. The number of rotatable bonds is 4. The van der Waals surface area contributed by atoms with Gasteiger partial charge in [0.25, 0.3) is 0 Å². The van der Waals surface area contributed by atoms with E-state index >= 15 is 0 Å². The normalized spacial score (nSPS) is 14.1. The smallest absolute Gasteiger partial charge is 0.223 e. The Kier molecular flexibility index (Phi) is 2.85. The summed E-state index contributed by atoms with van der Waals surface area (Å²) >= 11 is 0. The molecule has 3 aromatic heterocycles. The first-order valence-corrected chi connectivity index (χ1v) is 6.84. The maximum Gasteiger partial charge on any atom is 0.223 e. The molecule has 0 spiro atoms. The van der Waals surface area contributed by atoms with Crippen LogP contribution < -0.4 is 5.32 Å². The molecule has 3 aromatic rings. The average molecular weight is 279 g/mol. The number of hydrogen-bond acceptors (Lipinski definition) is 6. The number of anilines is 1. The van der Waals surface area contributed by atoms with Crippen LogP contribution in [-0.2, 0) is 0 Å². The van der Waals surface area contributed by atoms with E-state index in [1.165, 1.54) is 12.8 Å². The SMILES string of the molecule is c1coc(-c2nc(NC3CC3)ncc2-c2cnccn2)c1. The number of aromatic nitrogens is 4. The highest BCUT2D eigenvalue weighted by Gasteiger charge is 2.23. The molecule has 0 unspecified atom stereocenters. The lowest BCUT2D eigenvalue weighted by Crippen LogP contribution is -2.06. The van der Waals surface area contributed by atoms with Gasteiger partial charge in [0.05, 0.1) is 18.2 Å². The lowest BCUT2D eigenvalue weighted by atomic mass is 10.1. The molecular weight excluding hydrogens is 266 g/mol. The molecule has 0 radical (unpaired) electrons. The van der Waals surface area contributed by atoms with Gasteiger partial charge in [-0.1, -0.05) is 0 Å². The third-order valence-electron chi connectivity index (χ3n) is 3.29. The van der Waals surface area contributed by atoms with E-state index in [2.05, 4.69) is 25.3 Å². The van der Waals surface area contributed by atoms with E-state index in [0.717, 1.165) is 17.0 Å². The zero-order valence-corrected chi connectivity index (χ0v) is 11.2. The summed E-state index contributed by atoms with van der Waals surface area (Å²) in [4.78, 5) is 17.4. The Balaban J connectivity index is 1.81. The van der Waals surface area contributed by atoms with Crippen molar-refractivity contribution in [2.75, 3.05) is 5.32 Å². The number of nitrogens with zero attached hydrogens (tertiary/aromatic N) is 4. The van der Waals surface area contributed by atoms with Gasteiger partial charge in [-0.15, -0.1) is 0 Å². The molecule has 1 aliphatic carbocycles. The van der Waals surface area contributed by atoms with E-state index in [1.807, 2.05) is 12.1 Å². The van der Waals surface area contributed by atoms with Crippen LogP contribution in [0.15, 0.2) is 47.6 Å². The molecule has 0 atom stereocenters. The van der Waals surface area contributed by atoms with Gasteiger partial charge >= 0.3 is 0 Å². The Bertz CT molecular complexity index is 738. The minimum atomic E-state index is 0.497. The number of furan rings is 1. The van der Waals surface area contributed by atoms with E-state index in [9.17, 15) is 0 Å².